The second kappa shape index (κ2) is 8.09. The number of benzene rings is 2. The molecule has 0 heterocycles. The van der Waals surface area contributed by atoms with E-state index in [1.807, 2.05) is 24.3 Å². The molecule has 112 valence electrons. The maximum atomic E-state index is 12.4. The highest BCUT2D eigenvalue weighted by Crippen LogP contribution is 2.34. The molecule has 0 saturated heterocycles. The van der Waals surface area contributed by atoms with Crippen molar-refractivity contribution in [3.8, 4) is 6.07 Å². The summed E-state index contributed by atoms with van der Waals surface area (Å²) in [6.07, 6.45) is 0. The number of anilines is 1. The molecule has 0 saturated carbocycles. The van der Waals surface area contributed by atoms with Gasteiger partial charge in [-0.25, -0.2) is 0 Å². The lowest BCUT2D eigenvalue weighted by Crippen LogP contribution is -2.32. The van der Waals surface area contributed by atoms with Crippen molar-refractivity contribution in [2.24, 2.45) is 0 Å². The molecule has 0 radical (unpaired) electrons. The number of nitriles is 1. The summed E-state index contributed by atoms with van der Waals surface area (Å²) in [6.45, 7) is -0.000337. The van der Waals surface area contributed by atoms with E-state index in [1.54, 1.807) is 30.3 Å². The fourth-order valence-corrected chi connectivity index (χ4v) is 3.39. The van der Waals surface area contributed by atoms with Crippen molar-refractivity contribution in [1.29, 1.82) is 5.26 Å². The van der Waals surface area contributed by atoms with Crippen LogP contribution in [0.25, 0.3) is 0 Å². The number of carbonyl (C=O) groups is 1. The van der Waals surface area contributed by atoms with E-state index in [-0.39, 0.29) is 18.2 Å². The van der Waals surface area contributed by atoms with E-state index in [0.717, 1.165) is 0 Å². The lowest BCUT2D eigenvalue weighted by atomic mass is 10.3. The van der Waals surface area contributed by atoms with Gasteiger partial charge in [0, 0.05) is 10.6 Å². The van der Waals surface area contributed by atoms with Crippen LogP contribution in [0.2, 0.25) is 10.0 Å². The number of thioether (sulfide) groups is 1. The molecule has 0 fully saturated rings. The third-order valence-corrected chi connectivity index (χ3v) is 4.83. The molecule has 0 aliphatic carbocycles. The Hall–Kier alpha value is -1.67. The van der Waals surface area contributed by atoms with Crippen LogP contribution >= 0.6 is 35.0 Å². The van der Waals surface area contributed by atoms with Crippen molar-refractivity contribution in [2.75, 3.05) is 17.2 Å². The lowest BCUT2D eigenvalue weighted by molar-refractivity contribution is -0.116. The molecule has 0 aliphatic heterocycles. The maximum Gasteiger partial charge on any atom is 0.238 e. The molecular weight excluding hydrogens is 339 g/mol. The maximum absolute atomic E-state index is 12.4. The highest BCUT2D eigenvalue weighted by molar-refractivity contribution is 8.00. The van der Waals surface area contributed by atoms with Crippen molar-refractivity contribution in [3.63, 3.8) is 0 Å². The third-order valence-electron chi connectivity index (χ3n) is 2.86. The molecule has 0 spiro atoms. The first-order valence-corrected chi connectivity index (χ1v) is 8.17. The van der Waals surface area contributed by atoms with Gasteiger partial charge in [-0.1, -0.05) is 47.5 Å². The Bertz CT molecular complexity index is 681. The van der Waals surface area contributed by atoms with Crippen molar-refractivity contribution in [1.82, 2.24) is 0 Å². The van der Waals surface area contributed by atoms with E-state index in [0.29, 0.717) is 20.6 Å². The van der Waals surface area contributed by atoms with Crippen LogP contribution in [0.1, 0.15) is 0 Å². The van der Waals surface area contributed by atoms with Gasteiger partial charge in [0.05, 0.1) is 21.9 Å². The summed E-state index contributed by atoms with van der Waals surface area (Å²) in [4.78, 5) is 14.5. The number of hydrogen-bond donors (Lipinski definition) is 0. The highest BCUT2D eigenvalue weighted by Gasteiger charge is 2.17. The number of amides is 1. The van der Waals surface area contributed by atoms with E-state index >= 15 is 0 Å². The zero-order valence-electron chi connectivity index (χ0n) is 11.5. The van der Waals surface area contributed by atoms with Crippen LogP contribution in [0.5, 0.6) is 0 Å². The minimum Gasteiger partial charge on any atom is -0.298 e. The number of hydrogen-bond acceptors (Lipinski definition) is 3. The average Bonchev–Trinajstić information content (AvgIpc) is 2.52. The lowest BCUT2D eigenvalue weighted by Gasteiger charge is -2.19. The molecule has 2 aromatic carbocycles. The minimum absolute atomic E-state index is 0.000337. The fraction of sp³-hybridized carbons (Fsp3) is 0.125. The van der Waals surface area contributed by atoms with Gasteiger partial charge in [0.25, 0.3) is 0 Å². The van der Waals surface area contributed by atoms with E-state index in [9.17, 15) is 4.79 Å². The average molecular weight is 351 g/mol. The predicted octanol–water partition coefficient (Wildman–Crippen LogP) is 4.64. The van der Waals surface area contributed by atoms with Crippen LogP contribution in [-0.2, 0) is 4.79 Å². The highest BCUT2D eigenvalue weighted by atomic mass is 35.5. The van der Waals surface area contributed by atoms with Gasteiger partial charge < -0.3 is 0 Å². The van der Waals surface area contributed by atoms with Crippen molar-refractivity contribution in [2.45, 2.75) is 4.90 Å². The zero-order chi connectivity index (χ0) is 15.9. The smallest absolute Gasteiger partial charge is 0.238 e. The van der Waals surface area contributed by atoms with E-state index in [2.05, 4.69) is 0 Å². The molecule has 0 N–H and O–H groups in total. The first-order chi connectivity index (χ1) is 10.6. The number of rotatable bonds is 5. The summed E-state index contributed by atoms with van der Waals surface area (Å²) in [5.41, 5.74) is 0.694. The molecule has 0 aromatic heterocycles. The molecule has 0 aliphatic rings. The Morgan fingerprint density at radius 2 is 1.73 bits per heavy atom. The summed E-state index contributed by atoms with van der Waals surface area (Å²) in [6, 6.07) is 16.3. The van der Waals surface area contributed by atoms with Crippen molar-refractivity contribution >= 4 is 46.6 Å². The quantitative estimate of drug-likeness (QED) is 0.582. The molecule has 1 amide bonds. The minimum atomic E-state index is -0.172. The molecule has 6 heteroatoms. The topological polar surface area (TPSA) is 44.1 Å². The van der Waals surface area contributed by atoms with Crippen LogP contribution in [0.3, 0.4) is 0 Å². The molecule has 0 atom stereocenters. The van der Waals surface area contributed by atoms with Crippen LogP contribution in [0, 0.1) is 11.3 Å². The number of nitrogens with zero attached hydrogens (tertiary/aromatic N) is 2. The Kier molecular flexibility index (Phi) is 6.14. The SMILES string of the molecule is N#CCN(C(=O)CSc1c(Cl)cccc1Cl)c1ccccc1. The fourth-order valence-electron chi connectivity index (χ4n) is 1.83. The van der Waals surface area contributed by atoms with Crippen LogP contribution in [0.4, 0.5) is 5.69 Å². The zero-order valence-corrected chi connectivity index (χ0v) is 13.8. The van der Waals surface area contributed by atoms with E-state index in [4.69, 9.17) is 28.5 Å². The summed E-state index contributed by atoms with van der Waals surface area (Å²) >= 11 is 13.4. The normalized spacial score (nSPS) is 10.0. The van der Waals surface area contributed by atoms with Gasteiger partial charge in [0.2, 0.25) is 5.91 Å². The number of halogens is 2. The summed E-state index contributed by atoms with van der Waals surface area (Å²) in [5.74, 6) is -0.0197. The van der Waals surface area contributed by atoms with Gasteiger partial charge in [-0.2, -0.15) is 5.26 Å². The second-order valence-electron chi connectivity index (χ2n) is 4.31. The predicted molar refractivity (Wildman–Crippen MR) is 91.6 cm³/mol. The van der Waals surface area contributed by atoms with Crippen LogP contribution in [-0.4, -0.2) is 18.2 Å². The largest absolute Gasteiger partial charge is 0.298 e. The molecule has 0 bridgehead atoms. The Labute approximate surface area is 143 Å². The molecule has 22 heavy (non-hydrogen) atoms. The van der Waals surface area contributed by atoms with Crippen LogP contribution < -0.4 is 4.90 Å². The number of carbonyl (C=O) groups excluding carboxylic acids is 1. The molecule has 3 nitrogen and oxygen atoms in total. The Morgan fingerprint density at radius 3 is 2.32 bits per heavy atom. The van der Waals surface area contributed by atoms with Crippen molar-refractivity contribution < 1.29 is 4.79 Å². The second-order valence-corrected chi connectivity index (χ2v) is 6.11. The van der Waals surface area contributed by atoms with E-state index in [1.165, 1.54) is 16.7 Å². The summed E-state index contributed by atoms with van der Waals surface area (Å²) < 4.78 is 0. The molecule has 0 unspecified atom stereocenters. The summed E-state index contributed by atoms with van der Waals surface area (Å²) in [5, 5.41) is 9.95. The standard InChI is InChI=1S/C16H12Cl2N2OS/c17-13-7-4-8-14(18)16(13)22-11-15(21)20(10-9-19)12-5-2-1-3-6-12/h1-8H,10-11H2. The van der Waals surface area contributed by atoms with Gasteiger partial charge in [-0.3, -0.25) is 9.69 Å². The monoisotopic (exact) mass is 350 g/mol. The first-order valence-electron chi connectivity index (χ1n) is 6.42. The van der Waals surface area contributed by atoms with Gasteiger partial charge in [-0.15, -0.1) is 11.8 Å². The molecular formula is C16H12Cl2N2OS. The third kappa shape index (κ3) is 4.17. The molecule has 2 rings (SSSR count). The van der Waals surface area contributed by atoms with Gasteiger partial charge in [-0.05, 0) is 24.3 Å². The summed E-state index contributed by atoms with van der Waals surface area (Å²) in [7, 11) is 0. The van der Waals surface area contributed by atoms with E-state index < -0.39 is 0 Å². The first kappa shape index (κ1) is 16.7. The Balaban J connectivity index is 2.11. The Morgan fingerprint density at radius 1 is 1.09 bits per heavy atom. The van der Waals surface area contributed by atoms with Gasteiger partial charge in [0.1, 0.15) is 6.54 Å². The van der Waals surface area contributed by atoms with Gasteiger partial charge in [0.15, 0.2) is 0 Å². The van der Waals surface area contributed by atoms with Crippen LogP contribution in [0.15, 0.2) is 53.4 Å². The molecule has 2 aromatic rings. The number of para-hydroxylation sites is 1. The van der Waals surface area contributed by atoms with Gasteiger partial charge >= 0.3 is 0 Å². The van der Waals surface area contributed by atoms with Crippen molar-refractivity contribution in [3.05, 3.63) is 58.6 Å².